The maximum atomic E-state index is 9.89. The SMILES string of the molecule is Cc1ccc(C(C)c2ccccc2O)c(C)c1. The number of aromatic hydroxyl groups is 1. The van der Waals surface area contributed by atoms with Gasteiger partial charge in [-0.3, -0.25) is 0 Å². The topological polar surface area (TPSA) is 20.2 Å². The van der Waals surface area contributed by atoms with Gasteiger partial charge in [-0.25, -0.2) is 0 Å². The van der Waals surface area contributed by atoms with Crippen molar-refractivity contribution in [3.05, 3.63) is 64.7 Å². The summed E-state index contributed by atoms with van der Waals surface area (Å²) >= 11 is 0. The summed E-state index contributed by atoms with van der Waals surface area (Å²) in [4.78, 5) is 0. The van der Waals surface area contributed by atoms with Gasteiger partial charge in [0.1, 0.15) is 5.75 Å². The third kappa shape index (κ3) is 2.33. The summed E-state index contributed by atoms with van der Waals surface area (Å²) in [5.41, 5.74) is 4.81. The predicted molar refractivity (Wildman–Crippen MR) is 71.5 cm³/mol. The lowest BCUT2D eigenvalue weighted by molar-refractivity contribution is 0.466. The van der Waals surface area contributed by atoms with Crippen LogP contribution in [0.4, 0.5) is 0 Å². The fraction of sp³-hybridized carbons (Fsp3) is 0.250. The van der Waals surface area contributed by atoms with Gasteiger partial charge in [0.2, 0.25) is 0 Å². The number of hydrogen-bond donors (Lipinski definition) is 1. The lowest BCUT2D eigenvalue weighted by Gasteiger charge is -2.16. The highest BCUT2D eigenvalue weighted by atomic mass is 16.3. The summed E-state index contributed by atoms with van der Waals surface area (Å²) < 4.78 is 0. The average Bonchev–Trinajstić information content (AvgIpc) is 2.29. The van der Waals surface area contributed by atoms with E-state index >= 15 is 0 Å². The molecule has 1 nitrogen and oxygen atoms in total. The van der Waals surface area contributed by atoms with Gasteiger partial charge in [-0.05, 0) is 31.0 Å². The predicted octanol–water partition coefficient (Wildman–Crippen LogP) is 4.16. The first kappa shape index (κ1) is 11.7. The van der Waals surface area contributed by atoms with Crippen LogP contribution in [0, 0.1) is 13.8 Å². The molecule has 0 spiro atoms. The van der Waals surface area contributed by atoms with E-state index in [2.05, 4.69) is 39.0 Å². The van der Waals surface area contributed by atoms with E-state index in [0.29, 0.717) is 5.75 Å². The summed E-state index contributed by atoms with van der Waals surface area (Å²) in [6, 6.07) is 14.0. The average molecular weight is 226 g/mol. The van der Waals surface area contributed by atoms with Crippen molar-refractivity contribution in [2.24, 2.45) is 0 Å². The molecule has 0 fully saturated rings. The van der Waals surface area contributed by atoms with Gasteiger partial charge in [0, 0.05) is 11.5 Å². The van der Waals surface area contributed by atoms with Gasteiger partial charge in [0.15, 0.2) is 0 Å². The van der Waals surface area contributed by atoms with Crippen molar-refractivity contribution in [1.29, 1.82) is 0 Å². The lowest BCUT2D eigenvalue weighted by Crippen LogP contribution is -1.99. The van der Waals surface area contributed by atoms with E-state index < -0.39 is 0 Å². The van der Waals surface area contributed by atoms with Gasteiger partial charge < -0.3 is 5.11 Å². The van der Waals surface area contributed by atoms with Crippen LogP contribution in [0.15, 0.2) is 42.5 Å². The molecule has 1 N–H and O–H groups in total. The van der Waals surface area contributed by atoms with Crippen molar-refractivity contribution in [2.45, 2.75) is 26.7 Å². The molecule has 0 saturated carbocycles. The molecular weight excluding hydrogens is 208 g/mol. The van der Waals surface area contributed by atoms with Gasteiger partial charge in [0.05, 0.1) is 0 Å². The number of hydrogen-bond acceptors (Lipinski definition) is 1. The molecule has 0 saturated heterocycles. The summed E-state index contributed by atoms with van der Waals surface area (Å²) in [5.74, 6) is 0.594. The molecule has 2 aromatic carbocycles. The molecule has 2 aromatic rings. The molecule has 0 aromatic heterocycles. The Kier molecular flexibility index (Phi) is 3.19. The summed E-state index contributed by atoms with van der Waals surface area (Å²) in [5, 5.41) is 9.89. The molecule has 0 amide bonds. The Morgan fingerprint density at radius 2 is 1.65 bits per heavy atom. The van der Waals surface area contributed by atoms with Crippen molar-refractivity contribution >= 4 is 0 Å². The van der Waals surface area contributed by atoms with Crippen molar-refractivity contribution in [1.82, 2.24) is 0 Å². The van der Waals surface area contributed by atoms with Crippen LogP contribution in [0.2, 0.25) is 0 Å². The number of rotatable bonds is 2. The van der Waals surface area contributed by atoms with E-state index in [1.165, 1.54) is 16.7 Å². The molecule has 0 heterocycles. The second kappa shape index (κ2) is 4.62. The number of phenols is 1. The summed E-state index contributed by atoms with van der Waals surface area (Å²) in [6.07, 6.45) is 0. The largest absolute Gasteiger partial charge is 0.508 e. The van der Waals surface area contributed by atoms with E-state index in [0.717, 1.165) is 5.56 Å². The Hall–Kier alpha value is -1.76. The van der Waals surface area contributed by atoms with E-state index in [-0.39, 0.29) is 5.92 Å². The molecule has 0 aliphatic carbocycles. The van der Waals surface area contributed by atoms with Crippen molar-refractivity contribution < 1.29 is 5.11 Å². The second-order valence-corrected chi connectivity index (χ2v) is 4.64. The first-order valence-electron chi connectivity index (χ1n) is 5.94. The molecule has 1 atom stereocenters. The van der Waals surface area contributed by atoms with E-state index in [1.54, 1.807) is 6.07 Å². The van der Waals surface area contributed by atoms with Gasteiger partial charge in [0.25, 0.3) is 0 Å². The van der Waals surface area contributed by atoms with Crippen LogP contribution in [0.1, 0.15) is 35.1 Å². The van der Waals surface area contributed by atoms with Gasteiger partial charge in [-0.15, -0.1) is 0 Å². The quantitative estimate of drug-likeness (QED) is 0.815. The molecule has 0 radical (unpaired) electrons. The smallest absolute Gasteiger partial charge is 0.119 e. The molecule has 17 heavy (non-hydrogen) atoms. The number of phenolic OH excluding ortho intramolecular Hbond substituents is 1. The molecule has 0 aliphatic rings. The zero-order chi connectivity index (χ0) is 12.4. The highest BCUT2D eigenvalue weighted by molar-refractivity contribution is 5.43. The summed E-state index contributed by atoms with van der Waals surface area (Å²) in [6.45, 7) is 6.35. The van der Waals surface area contributed by atoms with E-state index in [1.807, 2.05) is 18.2 Å². The summed E-state index contributed by atoms with van der Waals surface area (Å²) in [7, 11) is 0. The minimum absolute atomic E-state index is 0.219. The van der Waals surface area contributed by atoms with Crippen LogP contribution in [-0.2, 0) is 0 Å². The molecule has 2 rings (SSSR count). The van der Waals surface area contributed by atoms with Crippen LogP contribution in [-0.4, -0.2) is 5.11 Å². The highest BCUT2D eigenvalue weighted by Gasteiger charge is 2.13. The molecule has 1 unspecified atom stereocenters. The second-order valence-electron chi connectivity index (χ2n) is 4.64. The Balaban J connectivity index is 2.44. The first-order valence-corrected chi connectivity index (χ1v) is 5.94. The molecule has 0 aliphatic heterocycles. The van der Waals surface area contributed by atoms with Crippen LogP contribution in [0.25, 0.3) is 0 Å². The fourth-order valence-electron chi connectivity index (χ4n) is 2.33. The van der Waals surface area contributed by atoms with Crippen molar-refractivity contribution in [3.8, 4) is 5.75 Å². The van der Waals surface area contributed by atoms with E-state index in [4.69, 9.17) is 0 Å². The molecule has 0 bridgehead atoms. The number of para-hydroxylation sites is 1. The minimum Gasteiger partial charge on any atom is -0.508 e. The van der Waals surface area contributed by atoms with Crippen LogP contribution < -0.4 is 0 Å². The van der Waals surface area contributed by atoms with Gasteiger partial charge in [-0.1, -0.05) is 48.9 Å². The normalized spacial score (nSPS) is 12.4. The fourth-order valence-corrected chi connectivity index (χ4v) is 2.33. The molecular formula is C16H18O. The third-order valence-electron chi connectivity index (χ3n) is 3.30. The minimum atomic E-state index is 0.219. The Labute approximate surface area is 103 Å². The van der Waals surface area contributed by atoms with Gasteiger partial charge in [-0.2, -0.15) is 0 Å². The van der Waals surface area contributed by atoms with Crippen LogP contribution in [0.3, 0.4) is 0 Å². The maximum Gasteiger partial charge on any atom is 0.119 e. The Bertz CT molecular complexity index is 529. The highest BCUT2D eigenvalue weighted by Crippen LogP contribution is 2.32. The van der Waals surface area contributed by atoms with Crippen molar-refractivity contribution in [2.75, 3.05) is 0 Å². The monoisotopic (exact) mass is 226 g/mol. The van der Waals surface area contributed by atoms with Crippen LogP contribution >= 0.6 is 0 Å². The zero-order valence-electron chi connectivity index (χ0n) is 10.6. The number of benzene rings is 2. The Morgan fingerprint density at radius 3 is 2.29 bits per heavy atom. The maximum absolute atomic E-state index is 9.89. The van der Waals surface area contributed by atoms with Gasteiger partial charge >= 0.3 is 0 Å². The first-order chi connectivity index (χ1) is 8.09. The zero-order valence-corrected chi connectivity index (χ0v) is 10.6. The molecule has 88 valence electrons. The third-order valence-corrected chi connectivity index (χ3v) is 3.30. The van der Waals surface area contributed by atoms with Crippen LogP contribution in [0.5, 0.6) is 5.75 Å². The standard InChI is InChI=1S/C16H18O/c1-11-8-9-14(12(2)10-11)13(3)15-6-4-5-7-16(15)17/h4-10,13,17H,1-3H3. The number of aryl methyl sites for hydroxylation is 2. The lowest BCUT2D eigenvalue weighted by atomic mass is 9.89. The van der Waals surface area contributed by atoms with E-state index in [9.17, 15) is 5.11 Å². The Morgan fingerprint density at radius 1 is 0.941 bits per heavy atom. The van der Waals surface area contributed by atoms with Crippen molar-refractivity contribution in [3.63, 3.8) is 0 Å². The molecule has 1 heteroatoms.